The van der Waals surface area contributed by atoms with E-state index < -0.39 is 0 Å². The molecule has 268 valence electrons. The molecule has 0 aliphatic carbocycles. The number of aromatic nitrogens is 1. The van der Waals surface area contributed by atoms with Gasteiger partial charge in [-0.2, -0.15) is 0 Å². The van der Waals surface area contributed by atoms with Gasteiger partial charge in [-0.3, -0.25) is 4.98 Å². The molecular weight excluding hydrogens is 787 g/mol. The smallest absolute Gasteiger partial charge is 0.131 e. The van der Waals surface area contributed by atoms with Gasteiger partial charge in [-0.25, -0.2) is 0 Å². The molecule has 1 aromatic heterocycles. The second-order valence-electron chi connectivity index (χ2n) is 16.0. The van der Waals surface area contributed by atoms with Crippen molar-refractivity contribution >= 4 is 5.69 Å². The fourth-order valence-electron chi connectivity index (χ4n) is 6.37. The monoisotopic (exact) mass is 847 g/mol. The summed E-state index contributed by atoms with van der Waals surface area (Å²) in [5, 5.41) is 17.2. The predicted octanol–water partition coefficient (Wildman–Crippen LogP) is 14.2. The molecule has 0 bridgehead atoms. The molecule has 0 aliphatic rings. The number of nitrogens with zero attached hydrogens (tertiary/aromatic N) is 2. The van der Waals surface area contributed by atoms with E-state index in [9.17, 15) is 5.11 Å². The summed E-state index contributed by atoms with van der Waals surface area (Å²) in [6.07, 6.45) is 0. The number of phenolic OH excluding ortho intramolecular Hbond substituents is 1. The average Bonchev–Trinajstić information content (AvgIpc) is 3.08. The zero-order valence-corrected chi connectivity index (χ0v) is 37.0. The number of pyridine rings is 1. The van der Waals surface area contributed by atoms with Crippen molar-refractivity contribution in [3.8, 4) is 39.3 Å². The molecule has 1 heterocycles. The number of para-hydroxylation sites is 1. The van der Waals surface area contributed by atoms with Gasteiger partial charge >= 0.3 is 0 Å². The molecule has 0 saturated carbocycles. The quantitative estimate of drug-likeness (QED) is 0.158. The van der Waals surface area contributed by atoms with Crippen molar-refractivity contribution in [1.29, 1.82) is 0 Å². The normalized spacial score (nSPS) is 11.6. The van der Waals surface area contributed by atoms with E-state index in [1.165, 1.54) is 22.3 Å². The van der Waals surface area contributed by atoms with E-state index in [0.717, 1.165) is 50.5 Å². The van der Waals surface area contributed by atoms with Gasteiger partial charge in [0.1, 0.15) is 5.75 Å². The molecular formula is C47H59HfN2O-. The summed E-state index contributed by atoms with van der Waals surface area (Å²) in [4.78, 5) is 5.13. The van der Waals surface area contributed by atoms with E-state index in [4.69, 9.17) is 10.3 Å². The number of aryl methyl sites for hydroxylation is 1. The van der Waals surface area contributed by atoms with Gasteiger partial charge in [0.05, 0.1) is 5.69 Å². The van der Waals surface area contributed by atoms with E-state index in [-0.39, 0.29) is 42.4 Å². The van der Waals surface area contributed by atoms with Crippen LogP contribution < -0.4 is 0 Å². The SMILES string of the molecule is CC.Cc1cc(-c2cc(C(C)(C)C)cc(C(C)(C)C)c2)c(O)c(-c2ccccc2-c2cccc(C[N-]c3c(C(C)C)cccc3C(C)C)n2)c1.[Hf]. The van der Waals surface area contributed by atoms with E-state index in [1.54, 1.807) is 0 Å². The third-order valence-electron chi connectivity index (χ3n) is 9.27. The van der Waals surface area contributed by atoms with Crippen LogP contribution in [0.1, 0.15) is 128 Å². The zero-order valence-electron chi connectivity index (χ0n) is 33.4. The first-order valence-electron chi connectivity index (χ1n) is 18.4. The number of aromatic hydroxyl groups is 1. The van der Waals surface area contributed by atoms with Crippen LogP contribution in [0, 0.1) is 6.92 Å². The third kappa shape index (κ3) is 9.89. The van der Waals surface area contributed by atoms with Crippen LogP contribution in [0.25, 0.3) is 38.8 Å². The van der Waals surface area contributed by atoms with E-state index in [2.05, 4.69) is 155 Å². The number of phenols is 1. The Labute approximate surface area is 328 Å². The number of rotatable bonds is 8. The van der Waals surface area contributed by atoms with Gasteiger partial charge in [-0.1, -0.05) is 167 Å². The second kappa shape index (κ2) is 17.3. The van der Waals surface area contributed by atoms with E-state index >= 15 is 0 Å². The van der Waals surface area contributed by atoms with Gasteiger partial charge in [0, 0.05) is 48.2 Å². The maximum absolute atomic E-state index is 12.0. The van der Waals surface area contributed by atoms with Gasteiger partial charge < -0.3 is 10.4 Å². The molecule has 3 nitrogen and oxygen atoms in total. The van der Waals surface area contributed by atoms with Crippen LogP contribution in [0.15, 0.2) is 91.0 Å². The van der Waals surface area contributed by atoms with Gasteiger partial charge in [0.2, 0.25) is 0 Å². The first-order valence-corrected chi connectivity index (χ1v) is 18.4. The molecule has 0 fully saturated rings. The molecule has 0 unspecified atom stereocenters. The van der Waals surface area contributed by atoms with Crippen molar-refractivity contribution in [2.45, 2.75) is 119 Å². The third-order valence-corrected chi connectivity index (χ3v) is 9.27. The molecule has 4 heteroatoms. The van der Waals surface area contributed by atoms with Crippen LogP contribution in [0.2, 0.25) is 0 Å². The van der Waals surface area contributed by atoms with Crippen molar-refractivity contribution in [1.82, 2.24) is 4.98 Å². The Morgan fingerprint density at radius 2 is 1.14 bits per heavy atom. The summed E-state index contributed by atoms with van der Waals surface area (Å²) in [5.74, 6) is 1.06. The van der Waals surface area contributed by atoms with Crippen molar-refractivity contribution in [3.63, 3.8) is 0 Å². The molecule has 5 rings (SSSR count). The molecule has 0 atom stereocenters. The summed E-state index contributed by atoms with van der Waals surface area (Å²) >= 11 is 0. The van der Waals surface area contributed by atoms with Crippen molar-refractivity contribution in [2.75, 3.05) is 0 Å². The van der Waals surface area contributed by atoms with Gasteiger partial charge in [-0.05, 0) is 81.7 Å². The molecule has 0 spiro atoms. The maximum atomic E-state index is 12.0. The number of benzene rings is 4. The predicted molar refractivity (Wildman–Crippen MR) is 217 cm³/mol. The van der Waals surface area contributed by atoms with Crippen LogP contribution in [-0.2, 0) is 43.2 Å². The Balaban J connectivity index is 0.00000230. The first-order chi connectivity index (χ1) is 23.5. The zero-order chi connectivity index (χ0) is 37.0. The Kier molecular flexibility index (Phi) is 14.3. The van der Waals surface area contributed by atoms with Crippen molar-refractivity contribution in [3.05, 3.63) is 130 Å². The largest absolute Gasteiger partial charge is 0.679 e. The summed E-state index contributed by atoms with van der Waals surface area (Å²) in [5.41, 5.74) is 13.6. The minimum absolute atomic E-state index is 0. The molecule has 0 saturated heterocycles. The number of hydrogen-bond acceptors (Lipinski definition) is 2. The van der Waals surface area contributed by atoms with Gasteiger partial charge in [0.25, 0.3) is 0 Å². The van der Waals surface area contributed by atoms with Gasteiger partial charge in [-0.15, -0.1) is 5.69 Å². The Bertz CT molecular complexity index is 1870. The van der Waals surface area contributed by atoms with Crippen LogP contribution in [0.5, 0.6) is 5.75 Å². The second-order valence-corrected chi connectivity index (χ2v) is 16.0. The summed E-state index contributed by atoms with van der Waals surface area (Å²) in [7, 11) is 0. The topological polar surface area (TPSA) is 47.2 Å². The molecule has 1 N–H and O–H groups in total. The first kappa shape index (κ1) is 41.9. The van der Waals surface area contributed by atoms with Crippen LogP contribution in [-0.4, -0.2) is 10.1 Å². The fraction of sp³-hybridized carbons (Fsp3) is 0.383. The minimum Gasteiger partial charge on any atom is -0.679 e. The summed E-state index contributed by atoms with van der Waals surface area (Å²) in [6.45, 7) is 29.0. The van der Waals surface area contributed by atoms with Crippen molar-refractivity contribution in [2.24, 2.45) is 0 Å². The summed E-state index contributed by atoms with van der Waals surface area (Å²) < 4.78 is 0. The van der Waals surface area contributed by atoms with Crippen LogP contribution >= 0.6 is 0 Å². The molecule has 5 aromatic rings. The Morgan fingerprint density at radius 3 is 1.67 bits per heavy atom. The molecule has 0 radical (unpaired) electrons. The molecule has 0 aliphatic heterocycles. The minimum atomic E-state index is -0.0267. The molecule has 4 aromatic carbocycles. The van der Waals surface area contributed by atoms with Crippen molar-refractivity contribution < 1.29 is 30.9 Å². The van der Waals surface area contributed by atoms with Crippen LogP contribution in [0.3, 0.4) is 0 Å². The Hall–Kier alpha value is -3.50. The fourth-order valence-corrected chi connectivity index (χ4v) is 6.37. The van der Waals surface area contributed by atoms with Crippen LogP contribution in [0.4, 0.5) is 5.69 Å². The number of hydrogen-bond donors (Lipinski definition) is 1. The van der Waals surface area contributed by atoms with E-state index in [0.29, 0.717) is 18.4 Å². The standard InChI is InChI=1S/C45H53N2O.C2H6.Hf/c1-28(2)35-19-15-20-36(29(3)4)42(35)46-27-34-16-14-21-41(47-34)38-18-13-12-17-37(38)40-23-30(5)22-39(43(40)48)31-24-32(44(6,7)8)26-33(25-31)45(9,10)11;1-2;/h12-26,28-29H,27H2,1-11H3,(H,47,48);1-2H3;/q-1;;. The van der Waals surface area contributed by atoms with E-state index in [1.807, 2.05) is 26.0 Å². The van der Waals surface area contributed by atoms with Gasteiger partial charge in [0.15, 0.2) is 0 Å². The summed E-state index contributed by atoms with van der Waals surface area (Å²) in [6, 6.07) is 32.0. The average molecular weight is 846 g/mol. The molecule has 51 heavy (non-hydrogen) atoms. The maximum Gasteiger partial charge on any atom is 0.131 e. The molecule has 0 amide bonds. The Morgan fingerprint density at radius 1 is 0.627 bits per heavy atom.